The Morgan fingerprint density at radius 1 is 1.30 bits per heavy atom. The number of amides is 1. The van der Waals surface area contributed by atoms with E-state index in [-0.39, 0.29) is 5.91 Å². The van der Waals surface area contributed by atoms with E-state index in [1.165, 1.54) is 12.8 Å². The minimum atomic E-state index is 0.129. The second-order valence-electron chi connectivity index (χ2n) is 5.70. The third-order valence-corrected chi connectivity index (χ3v) is 5.21. The number of carbonyl (C=O) groups is 1. The molecule has 1 amide bonds. The maximum absolute atomic E-state index is 12.0. The van der Waals surface area contributed by atoms with Gasteiger partial charge in [-0.3, -0.25) is 4.79 Å². The lowest BCUT2D eigenvalue weighted by atomic mass is 9.93. The lowest BCUT2D eigenvalue weighted by Crippen LogP contribution is -2.28. The van der Waals surface area contributed by atoms with Crippen LogP contribution < -0.4 is 10.6 Å². The largest absolute Gasteiger partial charge is 0.326 e. The number of rotatable bonds is 4. The molecule has 20 heavy (non-hydrogen) atoms. The molecule has 0 saturated carbocycles. The summed E-state index contributed by atoms with van der Waals surface area (Å²) < 4.78 is 1.12. The Morgan fingerprint density at radius 3 is 2.50 bits per heavy atom. The highest BCUT2D eigenvalue weighted by Gasteiger charge is 2.14. The number of anilines is 1. The minimum absolute atomic E-state index is 0.129. The molecule has 1 aliphatic rings. The molecule has 3 nitrogen and oxygen atoms in total. The normalized spacial score (nSPS) is 16.1. The van der Waals surface area contributed by atoms with Gasteiger partial charge in [0.25, 0.3) is 0 Å². The molecule has 0 aliphatic carbocycles. The predicted molar refractivity (Wildman–Crippen MR) is 87.1 cm³/mol. The summed E-state index contributed by atoms with van der Waals surface area (Å²) in [5.41, 5.74) is 3.20. The maximum atomic E-state index is 12.0. The Kier molecular flexibility index (Phi) is 5.61. The van der Waals surface area contributed by atoms with Gasteiger partial charge < -0.3 is 10.6 Å². The summed E-state index contributed by atoms with van der Waals surface area (Å²) in [4.78, 5) is 12.0. The van der Waals surface area contributed by atoms with E-state index in [0.717, 1.165) is 40.8 Å². The van der Waals surface area contributed by atoms with Gasteiger partial charge in [0, 0.05) is 16.6 Å². The second-order valence-corrected chi connectivity index (χ2v) is 6.50. The van der Waals surface area contributed by atoms with E-state index < -0.39 is 0 Å². The standard InChI is InChI=1S/C16H23BrN2O/c1-11-9-14(10-12(2)16(11)17)19-15(20)4-3-13-5-7-18-8-6-13/h9-10,13,18H,3-8H2,1-2H3,(H,19,20). The molecule has 2 N–H and O–H groups in total. The van der Waals surface area contributed by atoms with Crippen molar-refractivity contribution in [2.75, 3.05) is 18.4 Å². The molecule has 1 heterocycles. The van der Waals surface area contributed by atoms with Crippen molar-refractivity contribution in [3.8, 4) is 0 Å². The average Bonchev–Trinajstić information content (AvgIpc) is 2.43. The summed E-state index contributed by atoms with van der Waals surface area (Å²) in [5.74, 6) is 0.833. The summed E-state index contributed by atoms with van der Waals surface area (Å²) in [7, 11) is 0. The number of halogens is 1. The maximum Gasteiger partial charge on any atom is 0.224 e. The number of nitrogens with one attached hydrogen (secondary N) is 2. The van der Waals surface area contributed by atoms with Gasteiger partial charge in [-0.2, -0.15) is 0 Å². The zero-order chi connectivity index (χ0) is 14.5. The van der Waals surface area contributed by atoms with Crippen molar-refractivity contribution < 1.29 is 4.79 Å². The van der Waals surface area contributed by atoms with Crippen LogP contribution in [0.4, 0.5) is 5.69 Å². The fourth-order valence-electron chi connectivity index (χ4n) is 2.75. The third kappa shape index (κ3) is 4.32. The number of hydrogen-bond donors (Lipinski definition) is 2. The van der Waals surface area contributed by atoms with Crippen LogP contribution >= 0.6 is 15.9 Å². The van der Waals surface area contributed by atoms with Gasteiger partial charge in [-0.05, 0) is 75.4 Å². The second kappa shape index (κ2) is 7.23. The van der Waals surface area contributed by atoms with Crippen LogP contribution in [0.25, 0.3) is 0 Å². The molecule has 2 rings (SSSR count). The van der Waals surface area contributed by atoms with Crippen molar-refractivity contribution in [3.05, 3.63) is 27.7 Å². The number of aryl methyl sites for hydroxylation is 2. The monoisotopic (exact) mass is 338 g/mol. The summed E-state index contributed by atoms with van der Waals surface area (Å²) in [6, 6.07) is 4.03. The predicted octanol–water partition coefficient (Wildman–Crippen LogP) is 3.78. The Bertz CT molecular complexity index is 458. The average molecular weight is 339 g/mol. The number of benzene rings is 1. The van der Waals surface area contributed by atoms with Crippen LogP contribution in [-0.4, -0.2) is 19.0 Å². The number of hydrogen-bond acceptors (Lipinski definition) is 2. The van der Waals surface area contributed by atoms with Crippen LogP contribution in [0, 0.1) is 19.8 Å². The molecule has 0 spiro atoms. The summed E-state index contributed by atoms with van der Waals surface area (Å²) in [6.07, 6.45) is 4.02. The zero-order valence-corrected chi connectivity index (χ0v) is 13.8. The van der Waals surface area contributed by atoms with Gasteiger partial charge in [0.1, 0.15) is 0 Å². The highest BCUT2D eigenvalue weighted by Crippen LogP contribution is 2.25. The molecule has 1 aromatic rings. The summed E-state index contributed by atoms with van der Waals surface area (Å²) in [5, 5.41) is 6.37. The van der Waals surface area contributed by atoms with Crippen molar-refractivity contribution >= 4 is 27.5 Å². The molecule has 1 saturated heterocycles. The van der Waals surface area contributed by atoms with Gasteiger partial charge in [-0.1, -0.05) is 15.9 Å². The molecule has 0 bridgehead atoms. The SMILES string of the molecule is Cc1cc(NC(=O)CCC2CCNCC2)cc(C)c1Br. The van der Waals surface area contributed by atoms with E-state index in [0.29, 0.717) is 12.3 Å². The molecule has 110 valence electrons. The van der Waals surface area contributed by atoms with Crippen LogP contribution in [0.3, 0.4) is 0 Å². The van der Waals surface area contributed by atoms with Gasteiger partial charge >= 0.3 is 0 Å². The van der Waals surface area contributed by atoms with Crippen molar-refractivity contribution in [1.29, 1.82) is 0 Å². The van der Waals surface area contributed by atoms with Gasteiger partial charge in [-0.15, -0.1) is 0 Å². The lowest BCUT2D eigenvalue weighted by molar-refractivity contribution is -0.116. The topological polar surface area (TPSA) is 41.1 Å². The fraction of sp³-hybridized carbons (Fsp3) is 0.562. The van der Waals surface area contributed by atoms with E-state index in [1.807, 2.05) is 26.0 Å². The molecule has 4 heteroatoms. The molecule has 0 aromatic heterocycles. The molecule has 0 unspecified atom stereocenters. The summed E-state index contributed by atoms with van der Waals surface area (Å²) in [6.45, 7) is 6.28. The number of carbonyl (C=O) groups excluding carboxylic acids is 1. The van der Waals surface area contributed by atoms with Crippen molar-refractivity contribution in [2.24, 2.45) is 5.92 Å². The third-order valence-electron chi connectivity index (χ3n) is 3.96. The van der Waals surface area contributed by atoms with Crippen LogP contribution in [0.5, 0.6) is 0 Å². The van der Waals surface area contributed by atoms with E-state index in [2.05, 4.69) is 26.6 Å². The van der Waals surface area contributed by atoms with Crippen molar-refractivity contribution in [2.45, 2.75) is 39.5 Å². The van der Waals surface area contributed by atoms with Gasteiger partial charge in [0.2, 0.25) is 5.91 Å². The Balaban J connectivity index is 1.84. The molecule has 1 aromatic carbocycles. The Morgan fingerprint density at radius 2 is 1.90 bits per heavy atom. The van der Waals surface area contributed by atoms with E-state index in [9.17, 15) is 4.79 Å². The van der Waals surface area contributed by atoms with Gasteiger partial charge in [-0.25, -0.2) is 0 Å². The Labute approximate surface area is 129 Å². The first-order valence-electron chi connectivity index (χ1n) is 7.33. The van der Waals surface area contributed by atoms with E-state index in [1.54, 1.807) is 0 Å². The first-order chi connectivity index (χ1) is 9.56. The molecule has 0 radical (unpaired) electrons. The van der Waals surface area contributed by atoms with Gasteiger partial charge in [0.05, 0.1) is 0 Å². The fourth-order valence-corrected chi connectivity index (χ4v) is 2.98. The Hall–Kier alpha value is -0.870. The minimum Gasteiger partial charge on any atom is -0.326 e. The smallest absolute Gasteiger partial charge is 0.224 e. The number of piperidine rings is 1. The molecule has 0 atom stereocenters. The van der Waals surface area contributed by atoms with Crippen molar-refractivity contribution in [1.82, 2.24) is 5.32 Å². The van der Waals surface area contributed by atoms with Crippen LogP contribution in [-0.2, 0) is 4.79 Å². The van der Waals surface area contributed by atoms with Gasteiger partial charge in [0.15, 0.2) is 0 Å². The zero-order valence-electron chi connectivity index (χ0n) is 12.3. The first kappa shape index (κ1) is 15.5. The van der Waals surface area contributed by atoms with Crippen LogP contribution in [0.2, 0.25) is 0 Å². The molecule has 1 aliphatic heterocycles. The lowest BCUT2D eigenvalue weighted by Gasteiger charge is -2.22. The first-order valence-corrected chi connectivity index (χ1v) is 8.13. The van der Waals surface area contributed by atoms with E-state index in [4.69, 9.17) is 0 Å². The highest BCUT2D eigenvalue weighted by atomic mass is 79.9. The highest BCUT2D eigenvalue weighted by molar-refractivity contribution is 9.10. The quantitative estimate of drug-likeness (QED) is 0.876. The molecule has 1 fully saturated rings. The van der Waals surface area contributed by atoms with Crippen LogP contribution in [0.15, 0.2) is 16.6 Å². The molecular weight excluding hydrogens is 316 g/mol. The van der Waals surface area contributed by atoms with Crippen LogP contribution in [0.1, 0.15) is 36.8 Å². The summed E-state index contributed by atoms with van der Waals surface area (Å²) >= 11 is 3.54. The molecular formula is C16H23BrN2O. The van der Waals surface area contributed by atoms with E-state index >= 15 is 0 Å². The van der Waals surface area contributed by atoms with Crippen molar-refractivity contribution in [3.63, 3.8) is 0 Å².